The largest absolute Gasteiger partial charge is 0.417 e. The highest BCUT2D eigenvalue weighted by Gasteiger charge is 2.40. The van der Waals surface area contributed by atoms with Gasteiger partial charge in [-0.15, -0.1) is 0 Å². The smallest absolute Gasteiger partial charge is 0.368 e. The normalized spacial score (nSPS) is 17.8. The summed E-state index contributed by atoms with van der Waals surface area (Å²) in [5.41, 5.74) is 3.97. The second-order valence-corrected chi connectivity index (χ2v) is 8.50. The molecule has 1 aromatic carbocycles. The number of nitrogens with two attached hydrogens (primary N) is 1. The SMILES string of the molecule is Cc1nc(N)nc(N2C[C@@H](F)C[C@H]2c2nc3cccc(C(F)(F)F)c3c(=O)n2-c2cccnc2)c1C#N. The first kappa shape index (κ1) is 24.1. The fraction of sp³-hybridized carbons (Fsp3) is 0.250. The molecule has 0 saturated carbocycles. The Balaban J connectivity index is 1.83. The summed E-state index contributed by atoms with van der Waals surface area (Å²) in [5, 5.41) is 9.10. The van der Waals surface area contributed by atoms with Crippen LogP contribution in [0.25, 0.3) is 16.6 Å². The molecule has 37 heavy (non-hydrogen) atoms. The van der Waals surface area contributed by atoms with Gasteiger partial charge in [0.05, 0.1) is 46.6 Å². The lowest BCUT2D eigenvalue weighted by molar-refractivity contribution is -0.136. The molecule has 5 rings (SSSR count). The Kier molecular flexibility index (Phi) is 5.74. The molecule has 1 aliphatic heterocycles. The van der Waals surface area contributed by atoms with Crippen molar-refractivity contribution in [3.05, 3.63) is 75.7 Å². The number of aryl methyl sites for hydroxylation is 1. The van der Waals surface area contributed by atoms with E-state index in [1.807, 2.05) is 6.07 Å². The quantitative estimate of drug-likeness (QED) is 0.414. The average molecular weight is 510 g/mol. The first-order valence-electron chi connectivity index (χ1n) is 11.1. The second-order valence-electron chi connectivity index (χ2n) is 8.50. The van der Waals surface area contributed by atoms with Crippen molar-refractivity contribution in [2.24, 2.45) is 0 Å². The number of anilines is 2. The van der Waals surface area contributed by atoms with Gasteiger partial charge in [-0.3, -0.25) is 14.3 Å². The number of benzene rings is 1. The van der Waals surface area contributed by atoms with Crippen molar-refractivity contribution in [1.29, 1.82) is 5.26 Å². The molecule has 1 aliphatic rings. The number of alkyl halides is 4. The van der Waals surface area contributed by atoms with Gasteiger partial charge in [0.2, 0.25) is 5.95 Å². The number of aromatic nitrogens is 5. The maximum absolute atomic E-state index is 14.9. The maximum atomic E-state index is 14.9. The summed E-state index contributed by atoms with van der Waals surface area (Å²) in [4.78, 5) is 31.7. The molecule has 0 spiro atoms. The van der Waals surface area contributed by atoms with E-state index in [2.05, 4.69) is 19.9 Å². The third-order valence-corrected chi connectivity index (χ3v) is 6.15. The Labute approximate surface area is 206 Å². The summed E-state index contributed by atoms with van der Waals surface area (Å²) in [7, 11) is 0. The van der Waals surface area contributed by atoms with E-state index in [9.17, 15) is 27.6 Å². The maximum Gasteiger partial charge on any atom is 0.417 e. The van der Waals surface area contributed by atoms with Crippen molar-refractivity contribution in [3.63, 3.8) is 0 Å². The molecule has 0 bridgehead atoms. The lowest BCUT2D eigenvalue weighted by atomic mass is 10.1. The van der Waals surface area contributed by atoms with Crippen LogP contribution < -0.4 is 16.2 Å². The van der Waals surface area contributed by atoms with Crippen LogP contribution in [0, 0.1) is 18.3 Å². The van der Waals surface area contributed by atoms with Crippen LogP contribution in [-0.4, -0.2) is 37.2 Å². The van der Waals surface area contributed by atoms with E-state index in [0.29, 0.717) is 0 Å². The van der Waals surface area contributed by atoms with Crippen LogP contribution in [0.5, 0.6) is 0 Å². The lowest BCUT2D eigenvalue weighted by Gasteiger charge is -2.28. The topological polar surface area (TPSA) is 127 Å². The highest BCUT2D eigenvalue weighted by atomic mass is 19.4. The third-order valence-electron chi connectivity index (χ3n) is 6.15. The van der Waals surface area contributed by atoms with E-state index in [1.165, 1.54) is 35.5 Å². The van der Waals surface area contributed by atoms with Crippen LogP contribution in [0.4, 0.5) is 29.3 Å². The van der Waals surface area contributed by atoms with E-state index < -0.39 is 34.9 Å². The predicted molar refractivity (Wildman–Crippen MR) is 126 cm³/mol. The van der Waals surface area contributed by atoms with E-state index in [1.54, 1.807) is 6.92 Å². The van der Waals surface area contributed by atoms with Crippen molar-refractivity contribution in [2.45, 2.75) is 31.7 Å². The third kappa shape index (κ3) is 4.10. The van der Waals surface area contributed by atoms with Gasteiger partial charge in [-0.25, -0.2) is 14.4 Å². The van der Waals surface area contributed by atoms with E-state index in [4.69, 9.17) is 5.73 Å². The molecule has 0 aliphatic carbocycles. The fourth-order valence-corrected chi connectivity index (χ4v) is 4.62. The van der Waals surface area contributed by atoms with Crippen LogP contribution in [0.1, 0.15) is 35.1 Å². The van der Waals surface area contributed by atoms with E-state index >= 15 is 0 Å². The average Bonchev–Trinajstić information content (AvgIpc) is 3.24. The van der Waals surface area contributed by atoms with Gasteiger partial charge < -0.3 is 10.6 Å². The number of halogens is 4. The van der Waals surface area contributed by atoms with Crippen molar-refractivity contribution in [1.82, 2.24) is 24.5 Å². The zero-order valence-corrected chi connectivity index (χ0v) is 19.2. The molecule has 9 nitrogen and oxygen atoms in total. The number of fused-ring (bicyclic) bond motifs is 1. The van der Waals surface area contributed by atoms with Crippen LogP contribution in [0.3, 0.4) is 0 Å². The van der Waals surface area contributed by atoms with Crippen molar-refractivity contribution in [3.8, 4) is 11.8 Å². The van der Waals surface area contributed by atoms with Crippen LogP contribution >= 0.6 is 0 Å². The van der Waals surface area contributed by atoms with Crippen LogP contribution in [0.2, 0.25) is 0 Å². The predicted octanol–water partition coefficient (Wildman–Crippen LogP) is 3.64. The monoisotopic (exact) mass is 510 g/mol. The highest BCUT2D eigenvalue weighted by Crippen LogP contribution is 2.39. The molecule has 4 aromatic rings. The standard InChI is InChI=1S/C24H18F4N8O/c1-12-15(9-29)20(34-23(30)32-12)35-11-13(25)8-18(35)21-33-17-6-2-5-16(24(26,27)28)19(17)22(37)36(21)14-4-3-7-31-10-14/h2-7,10,13,18H,8,11H2,1H3,(H2,30,32,34)/t13-,18-/m0/s1. The molecule has 4 heterocycles. The molecule has 1 fully saturated rings. The molecule has 2 atom stereocenters. The van der Waals surface area contributed by atoms with Gasteiger partial charge in [0.1, 0.15) is 23.6 Å². The Morgan fingerprint density at radius 3 is 2.62 bits per heavy atom. The van der Waals surface area contributed by atoms with Gasteiger partial charge >= 0.3 is 6.18 Å². The first-order chi connectivity index (χ1) is 17.6. The Hall–Kier alpha value is -4.60. The lowest BCUT2D eigenvalue weighted by Crippen LogP contribution is -2.33. The summed E-state index contributed by atoms with van der Waals surface area (Å²) in [5.74, 6) is -0.115. The zero-order chi connectivity index (χ0) is 26.5. The summed E-state index contributed by atoms with van der Waals surface area (Å²) < 4.78 is 57.4. The Morgan fingerprint density at radius 1 is 1.16 bits per heavy atom. The second kappa shape index (κ2) is 8.81. The van der Waals surface area contributed by atoms with Crippen molar-refractivity contribution >= 4 is 22.7 Å². The van der Waals surface area contributed by atoms with Crippen molar-refractivity contribution < 1.29 is 17.6 Å². The summed E-state index contributed by atoms with van der Waals surface area (Å²) in [6.45, 7) is 1.34. The summed E-state index contributed by atoms with van der Waals surface area (Å²) in [6.07, 6.45) is -3.64. The zero-order valence-electron chi connectivity index (χ0n) is 19.2. The summed E-state index contributed by atoms with van der Waals surface area (Å²) in [6, 6.07) is 7.29. The van der Waals surface area contributed by atoms with Gasteiger partial charge in [0.15, 0.2) is 5.82 Å². The van der Waals surface area contributed by atoms with Gasteiger partial charge in [0.25, 0.3) is 5.56 Å². The minimum absolute atomic E-state index is 0.0244. The number of nitrogens with zero attached hydrogens (tertiary/aromatic N) is 7. The molecule has 0 amide bonds. The molecule has 0 unspecified atom stereocenters. The molecule has 3 aromatic heterocycles. The van der Waals surface area contributed by atoms with Crippen LogP contribution in [0.15, 0.2) is 47.5 Å². The minimum atomic E-state index is -4.81. The molecule has 13 heteroatoms. The number of rotatable bonds is 3. The van der Waals surface area contributed by atoms with Crippen LogP contribution in [-0.2, 0) is 6.18 Å². The van der Waals surface area contributed by atoms with Gasteiger partial charge in [-0.1, -0.05) is 6.07 Å². The number of nitrogen functional groups attached to an aromatic ring is 1. The molecule has 0 radical (unpaired) electrons. The Morgan fingerprint density at radius 2 is 1.95 bits per heavy atom. The number of hydrogen-bond acceptors (Lipinski definition) is 8. The molecular formula is C24H18F4N8O. The van der Waals surface area contributed by atoms with E-state index in [-0.39, 0.29) is 53.0 Å². The minimum Gasteiger partial charge on any atom is -0.368 e. The van der Waals surface area contributed by atoms with Gasteiger partial charge in [-0.05, 0) is 31.2 Å². The highest BCUT2D eigenvalue weighted by molar-refractivity contribution is 5.82. The number of pyridine rings is 1. The first-order valence-corrected chi connectivity index (χ1v) is 11.1. The summed E-state index contributed by atoms with van der Waals surface area (Å²) >= 11 is 0. The molecule has 1 saturated heterocycles. The molecule has 2 N–H and O–H groups in total. The number of nitriles is 1. The van der Waals surface area contributed by atoms with Gasteiger partial charge in [0, 0.05) is 12.6 Å². The van der Waals surface area contributed by atoms with Crippen molar-refractivity contribution in [2.75, 3.05) is 17.2 Å². The number of hydrogen-bond donors (Lipinski definition) is 1. The Bertz CT molecular complexity index is 1610. The van der Waals surface area contributed by atoms with Gasteiger partial charge in [-0.2, -0.15) is 23.4 Å². The van der Waals surface area contributed by atoms with E-state index in [0.717, 1.165) is 16.7 Å². The fourth-order valence-electron chi connectivity index (χ4n) is 4.62. The molecule has 188 valence electrons. The molecular weight excluding hydrogens is 492 g/mol.